The summed E-state index contributed by atoms with van der Waals surface area (Å²) in [5.41, 5.74) is 1.02. The van der Waals surface area contributed by atoms with Gasteiger partial charge in [-0.3, -0.25) is 4.79 Å². The second-order valence-electron chi connectivity index (χ2n) is 6.55. The molecule has 0 aliphatic rings. The molecule has 0 aliphatic carbocycles. The lowest BCUT2D eigenvalue weighted by molar-refractivity contribution is -0.137. The summed E-state index contributed by atoms with van der Waals surface area (Å²) in [7, 11) is 0. The zero-order valence-corrected chi connectivity index (χ0v) is 15.7. The zero-order valence-electron chi connectivity index (χ0n) is 15.7. The Labute approximate surface area is 153 Å². The molecule has 140 valence electrons. The van der Waals surface area contributed by atoms with Gasteiger partial charge in [-0.1, -0.05) is 88.6 Å². The third kappa shape index (κ3) is 11.4. The number of hydrogen-bond donors (Lipinski definition) is 1. The van der Waals surface area contributed by atoms with E-state index in [0.717, 1.165) is 17.7 Å². The molecule has 0 amide bonds. The molecule has 0 fully saturated rings. The number of benzene rings is 1. The molecule has 0 aromatic heterocycles. The Balaban J connectivity index is 2.16. The van der Waals surface area contributed by atoms with E-state index in [1.54, 1.807) is 0 Å². The van der Waals surface area contributed by atoms with Crippen LogP contribution in [0.1, 0.15) is 83.1 Å². The molecule has 3 heteroatoms. The molecule has 1 N–H and O–H groups in total. The maximum absolute atomic E-state index is 10.6. The summed E-state index contributed by atoms with van der Waals surface area (Å²) in [5.74, 6) is -0.0783. The molecular formula is C22H34O3. The van der Waals surface area contributed by atoms with Gasteiger partial charge >= 0.3 is 5.97 Å². The molecule has 1 aromatic rings. The van der Waals surface area contributed by atoms with Gasteiger partial charge in [-0.15, -0.1) is 0 Å². The fraction of sp³-hybridized carbons (Fsp3) is 0.591. The second-order valence-corrected chi connectivity index (χ2v) is 6.55. The third-order valence-electron chi connectivity index (χ3n) is 4.26. The van der Waals surface area contributed by atoms with Gasteiger partial charge in [0.05, 0.1) is 13.0 Å². The average molecular weight is 347 g/mol. The summed E-state index contributed by atoms with van der Waals surface area (Å²) >= 11 is 0. The molecule has 0 radical (unpaired) electrons. The van der Waals surface area contributed by atoms with Gasteiger partial charge in [-0.05, 0) is 18.9 Å². The van der Waals surface area contributed by atoms with E-state index in [1.807, 2.05) is 24.3 Å². The van der Waals surface area contributed by atoms with Crippen molar-refractivity contribution in [3.8, 4) is 5.75 Å². The number of rotatable bonds is 15. The first-order valence-corrected chi connectivity index (χ1v) is 9.84. The highest BCUT2D eigenvalue weighted by Gasteiger charge is 2.01. The van der Waals surface area contributed by atoms with Crippen molar-refractivity contribution < 1.29 is 14.6 Å². The van der Waals surface area contributed by atoms with Crippen LogP contribution in [0.4, 0.5) is 0 Å². The molecular weight excluding hydrogens is 312 g/mol. The van der Waals surface area contributed by atoms with Gasteiger partial charge in [0, 0.05) is 5.56 Å². The molecule has 0 aliphatic heterocycles. The molecule has 0 saturated carbocycles. The lowest BCUT2D eigenvalue weighted by Crippen LogP contribution is -2.05. The zero-order chi connectivity index (χ0) is 18.2. The SMILES string of the molecule is CCCCCCCCCCC/C=C/c1ccccc1OCCC(=O)O. The topological polar surface area (TPSA) is 46.5 Å². The fourth-order valence-electron chi connectivity index (χ4n) is 2.78. The van der Waals surface area contributed by atoms with Gasteiger partial charge in [0.15, 0.2) is 0 Å². The normalized spacial score (nSPS) is 11.1. The first-order valence-electron chi connectivity index (χ1n) is 9.84. The van der Waals surface area contributed by atoms with E-state index >= 15 is 0 Å². The largest absolute Gasteiger partial charge is 0.492 e. The summed E-state index contributed by atoms with van der Waals surface area (Å²) in [4.78, 5) is 10.6. The van der Waals surface area contributed by atoms with Crippen LogP contribution >= 0.6 is 0 Å². The molecule has 0 atom stereocenters. The fourth-order valence-corrected chi connectivity index (χ4v) is 2.78. The highest BCUT2D eigenvalue weighted by molar-refractivity contribution is 5.66. The maximum Gasteiger partial charge on any atom is 0.306 e. The Morgan fingerprint density at radius 2 is 1.64 bits per heavy atom. The Kier molecular flexibility index (Phi) is 12.4. The van der Waals surface area contributed by atoms with Gasteiger partial charge in [0.25, 0.3) is 0 Å². The Morgan fingerprint density at radius 1 is 1.00 bits per heavy atom. The number of carboxylic acid groups (broad SMARTS) is 1. The first kappa shape index (κ1) is 21.3. The predicted molar refractivity (Wildman–Crippen MR) is 105 cm³/mol. The maximum atomic E-state index is 10.6. The minimum Gasteiger partial charge on any atom is -0.492 e. The van der Waals surface area contributed by atoms with Crippen molar-refractivity contribution in [1.82, 2.24) is 0 Å². The van der Waals surface area contributed by atoms with E-state index in [9.17, 15) is 4.79 Å². The summed E-state index contributed by atoms with van der Waals surface area (Å²) < 4.78 is 5.57. The molecule has 1 aromatic carbocycles. The number of unbranched alkanes of at least 4 members (excludes halogenated alkanes) is 9. The second kappa shape index (κ2) is 14.6. The summed E-state index contributed by atoms with van der Waals surface area (Å²) in [6.45, 7) is 2.46. The van der Waals surface area contributed by atoms with Crippen molar-refractivity contribution in [2.45, 2.75) is 77.6 Å². The summed E-state index contributed by atoms with van der Waals surface area (Å²) in [6, 6.07) is 7.78. The van der Waals surface area contributed by atoms with Crippen LogP contribution in [0.2, 0.25) is 0 Å². The summed E-state index contributed by atoms with van der Waals surface area (Å²) in [6.07, 6.45) is 17.5. The molecule has 0 spiro atoms. The molecule has 25 heavy (non-hydrogen) atoms. The standard InChI is InChI=1S/C22H34O3/c1-2-3-4-5-6-7-8-9-10-11-12-15-20-16-13-14-17-21(20)25-19-18-22(23)24/h12-17H,2-11,18-19H2,1H3,(H,23,24)/b15-12+. The number of hydrogen-bond acceptors (Lipinski definition) is 2. The minimum atomic E-state index is -0.835. The van der Waals surface area contributed by atoms with E-state index in [0.29, 0.717) is 0 Å². The molecule has 1 rings (SSSR count). The van der Waals surface area contributed by atoms with E-state index < -0.39 is 5.97 Å². The van der Waals surface area contributed by atoms with E-state index in [-0.39, 0.29) is 13.0 Å². The highest BCUT2D eigenvalue weighted by atomic mass is 16.5. The lowest BCUT2D eigenvalue weighted by Gasteiger charge is -2.07. The van der Waals surface area contributed by atoms with Crippen molar-refractivity contribution in [2.24, 2.45) is 0 Å². The van der Waals surface area contributed by atoms with Crippen LogP contribution in [0.25, 0.3) is 6.08 Å². The third-order valence-corrected chi connectivity index (χ3v) is 4.26. The van der Waals surface area contributed by atoms with Gasteiger partial charge in [-0.2, -0.15) is 0 Å². The molecule has 0 bridgehead atoms. The van der Waals surface area contributed by atoms with Crippen molar-refractivity contribution in [3.05, 3.63) is 35.9 Å². The average Bonchev–Trinajstić information content (AvgIpc) is 2.60. The predicted octanol–water partition coefficient (Wildman–Crippen LogP) is 6.47. The van der Waals surface area contributed by atoms with E-state index in [1.165, 1.54) is 57.8 Å². The monoisotopic (exact) mass is 346 g/mol. The number of ether oxygens (including phenoxy) is 1. The summed E-state index contributed by atoms with van der Waals surface area (Å²) in [5, 5.41) is 8.68. The number of allylic oxidation sites excluding steroid dienone is 1. The van der Waals surface area contributed by atoms with Crippen LogP contribution in [-0.4, -0.2) is 17.7 Å². The number of para-hydroxylation sites is 1. The van der Waals surface area contributed by atoms with Crippen molar-refractivity contribution in [2.75, 3.05) is 6.61 Å². The van der Waals surface area contributed by atoms with Crippen LogP contribution < -0.4 is 4.74 Å². The molecule has 0 unspecified atom stereocenters. The minimum absolute atomic E-state index is 0.0243. The highest BCUT2D eigenvalue weighted by Crippen LogP contribution is 2.20. The van der Waals surface area contributed by atoms with Crippen molar-refractivity contribution in [1.29, 1.82) is 0 Å². The Bertz CT molecular complexity index is 494. The van der Waals surface area contributed by atoms with E-state index in [2.05, 4.69) is 19.1 Å². The molecule has 0 saturated heterocycles. The quantitative estimate of drug-likeness (QED) is 0.370. The van der Waals surface area contributed by atoms with Gasteiger partial charge in [-0.25, -0.2) is 0 Å². The first-order chi connectivity index (χ1) is 12.2. The van der Waals surface area contributed by atoms with E-state index in [4.69, 9.17) is 9.84 Å². The Morgan fingerprint density at radius 3 is 2.32 bits per heavy atom. The van der Waals surface area contributed by atoms with Crippen LogP contribution in [0.3, 0.4) is 0 Å². The van der Waals surface area contributed by atoms with Crippen LogP contribution in [0.5, 0.6) is 5.75 Å². The van der Waals surface area contributed by atoms with Crippen LogP contribution in [0.15, 0.2) is 30.3 Å². The molecule has 3 nitrogen and oxygen atoms in total. The van der Waals surface area contributed by atoms with Gasteiger partial charge in [0.2, 0.25) is 0 Å². The number of carboxylic acids is 1. The van der Waals surface area contributed by atoms with Crippen LogP contribution in [-0.2, 0) is 4.79 Å². The van der Waals surface area contributed by atoms with Gasteiger partial charge in [0.1, 0.15) is 5.75 Å². The van der Waals surface area contributed by atoms with Crippen molar-refractivity contribution >= 4 is 12.0 Å². The van der Waals surface area contributed by atoms with Crippen molar-refractivity contribution in [3.63, 3.8) is 0 Å². The smallest absolute Gasteiger partial charge is 0.306 e. The Hall–Kier alpha value is -1.77. The van der Waals surface area contributed by atoms with Gasteiger partial charge < -0.3 is 9.84 Å². The lowest BCUT2D eigenvalue weighted by atomic mass is 10.1. The number of aliphatic carboxylic acids is 1. The van der Waals surface area contributed by atoms with Crippen LogP contribution in [0, 0.1) is 0 Å². The number of carbonyl (C=O) groups is 1. The molecule has 0 heterocycles.